The predicted octanol–water partition coefficient (Wildman–Crippen LogP) is 5.73. The molecule has 0 atom stereocenters. The number of carboxylic acids is 2. The van der Waals surface area contributed by atoms with Crippen molar-refractivity contribution >= 4 is 17.8 Å². The number of nitrogens with one attached hydrogen (secondary N) is 3. The molecule has 1 aliphatic heterocycles. The minimum Gasteiger partial charge on any atom is -0.475 e. The second-order valence-electron chi connectivity index (χ2n) is 9.55. The van der Waals surface area contributed by atoms with Gasteiger partial charge in [-0.15, -0.1) is 0 Å². The number of benzene rings is 2. The summed E-state index contributed by atoms with van der Waals surface area (Å²) in [5.74, 6) is -5.76. The fourth-order valence-corrected chi connectivity index (χ4v) is 4.04. The second kappa shape index (κ2) is 15.2. The van der Waals surface area contributed by atoms with Crippen molar-refractivity contribution in [2.75, 3.05) is 6.54 Å². The number of carbonyl (C=O) groups excluding carboxylic acids is 1. The number of H-pyrrole nitrogens is 1. The number of hydrogen-bond acceptors (Lipinski definition) is 5. The quantitative estimate of drug-likeness (QED) is 0.167. The van der Waals surface area contributed by atoms with Crippen LogP contribution in [0, 0.1) is 5.82 Å². The standard InChI is InChI=1S/C26H23FN4O.2C2HF3O2/c27-21-6-2-4-18(12-21)16-28-15-17-3-1-5-19(11-17)24-13-20(7-9-29-24)25-14-22-23(31-25)8-10-30-26(22)32;2*3-2(4,5)1(6)7/h1-7,9,11-14,28,31H,8,10,15-16H2,(H,30,32);2*(H,6,7). The maximum atomic E-state index is 13.3. The van der Waals surface area contributed by atoms with E-state index in [-0.39, 0.29) is 11.7 Å². The van der Waals surface area contributed by atoms with Crippen LogP contribution >= 0.6 is 0 Å². The molecule has 0 unspecified atom stereocenters. The Bertz CT molecular complexity index is 1660. The smallest absolute Gasteiger partial charge is 0.475 e. The molecule has 0 aliphatic carbocycles. The Morgan fingerprint density at radius 3 is 1.98 bits per heavy atom. The van der Waals surface area contributed by atoms with E-state index >= 15 is 0 Å². The van der Waals surface area contributed by atoms with Crippen LogP contribution < -0.4 is 10.6 Å². The zero-order chi connectivity index (χ0) is 34.1. The second-order valence-corrected chi connectivity index (χ2v) is 9.55. The summed E-state index contributed by atoms with van der Waals surface area (Å²) in [6.07, 6.45) is -7.57. The molecule has 5 N–H and O–H groups in total. The molecule has 0 radical (unpaired) electrons. The van der Waals surface area contributed by atoms with Crippen LogP contribution in [-0.4, -0.2) is 56.9 Å². The van der Waals surface area contributed by atoms with Crippen molar-refractivity contribution in [3.05, 3.63) is 101 Å². The maximum absolute atomic E-state index is 13.3. The summed E-state index contributed by atoms with van der Waals surface area (Å²) in [5.41, 5.74) is 7.54. The number of aromatic nitrogens is 2. The van der Waals surface area contributed by atoms with Gasteiger partial charge in [-0.25, -0.2) is 14.0 Å². The molecule has 0 saturated heterocycles. The minimum atomic E-state index is -5.08. The Balaban J connectivity index is 0.000000345. The van der Waals surface area contributed by atoms with Crippen LogP contribution in [0.15, 0.2) is 72.9 Å². The van der Waals surface area contributed by atoms with Gasteiger partial charge in [-0.1, -0.05) is 30.3 Å². The molecular formula is C30H25F7N4O5. The first-order valence-corrected chi connectivity index (χ1v) is 13.2. The summed E-state index contributed by atoms with van der Waals surface area (Å²) in [7, 11) is 0. The lowest BCUT2D eigenvalue weighted by atomic mass is 10.0. The van der Waals surface area contributed by atoms with Gasteiger partial charge >= 0.3 is 24.3 Å². The molecule has 1 amide bonds. The highest BCUT2D eigenvalue weighted by Crippen LogP contribution is 2.27. The van der Waals surface area contributed by atoms with E-state index in [0.29, 0.717) is 19.6 Å². The number of pyridine rings is 1. The summed E-state index contributed by atoms with van der Waals surface area (Å²) in [6, 6.07) is 20.7. The molecule has 2 aromatic heterocycles. The molecule has 244 valence electrons. The lowest BCUT2D eigenvalue weighted by Crippen LogP contribution is -2.31. The van der Waals surface area contributed by atoms with E-state index in [2.05, 4.69) is 32.7 Å². The zero-order valence-corrected chi connectivity index (χ0v) is 23.5. The summed E-state index contributed by atoms with van der Waals surface area (Å²) in [4.78, 5) is 37.8. The molecule has 9 nitrogen and oxygen atoms in total. The molecule has 5 rings (SSSR count). The van der Waals surface area contributed by atoms with Crippen LogP contribution in [0.5, 0.6) is 0 Å². The van der Waals surface area contributed by atoms with Gasteiger partial charge in [-0.05, 0) is 47.5 Å². The molecule has 2 aromatic carbocycles. The van der Waals surface area contributed by atoms with Crippen LogP contribution in [0.1, 0.15) is 27.2 Å². The summed E-state index contributed by atoms with van der Waals surface area (Å²) in [5, 5.41) is 20.5. The number of aliphatic carboxylic acids is 2. The number of alkyl halides is 6. The molecule has 1 aliphatic rings. The van der Waals surface area contributed by atoms with E-state index in [4.69, 9.17) is 19.8 Å². The number of fused-ring (bicyclic) bond motifs is 1. The number of rotatable bonds is 6. The van der Waals surface area contributed by atoms with Gasteiger partial charge in [0, 0.05) is 54.8 Å². The first kappa shape index (κ1) is 35.2. The van der Waals surface area contributed by atoms with Crippen molar-refractivity contribution in [2.24, 2.45) is 0 Å². The van der Waals surface area contributed by atoms with Crippen molar-refractivity contribution in [2.45, 2.75) is 31.9 Å². The molecule has 16 heteroatoms. The number of nitrogens with zero attached hydrogens (tertiary/aromatic N) is 1. The zero-order valence-electron chi connectivity index (χ0n) is 23.5. The van der Waals surface area contributed by atoms with Gasteiger partial charge in [-0.3, -0.25) is 9.78 Å². The molecule has 0 spiro atoms. The van der Waals surface area contributed by atoms with Crippen molar-refractivity contribution in [1.29, 1.82) is 0 Å². The number of amides is 1. The van der Waals surface area contributed by atoms with E-state index in [1.54, 1.807) is 18.3 Å². The molecule has 0 fully saturated rings. The summed E-state index contributed by atoms with van der Waals surface area (Å²) in [6.45, 7) is 1.93. The fraction of sp³-hybridized carbons (Fsp3) is 0.200. The topological polar surface area (TPSA) is 144 Å². The average Bonchev–Trinajstić information content (AvgIpc) is 3.43. The van der Waals surface area contributed by atoms with Gasteiger partial charge < -0.3 is 25.8 Å². The fourth-order valence-electron chi connectivity index (χ4n) is 4.04. The lowest BCUT2D eigenvalue weighted by molar-refractivity contribution is -0.193. The minimum absolute atomic E-state index is 0.0264. The van der Waals surface area contributed by atoms with Crippen LogP contribution in [0.2, 0.25) is 0 Å². The van der Waals surface area contributed by atoms with Gasteiger partial charge in [0.05, 0.1) is 11.3 Å². The van der Waals surface area contributed by atoms with Crippen molar-refractivity contribution in [3.63, 3.8) is 0 Å². The van der Waals surface area contributed by atoms with Crippen molar-refractivity contribution < 1.29 is 55.3 Å². The van der Waals surface area contributed by atoms with Crippen LogP contribution in [0.25, 0.3) is 22.5 Å². The average molecular weight is 655 g/mol. The van der Waals surface area contributed by atoms with Gasteiger partial charge in [0.2, 0.25) is 0 Å². The van der Waals surface area contributed by atoms with E-state index in [1.807, 2.05) is 36.4 Å². The predicted molar refractivity (Wildman–Crippen MR) is 150 cm³/mol. The summed E-state index contributed by atoms with van der Waals surface area (Å²) >= 11 is 0. The van der Waals surface area contributed by atoms with Gasteiger partial charge in [0.1, 0.15) is 5.82 Å². The number of carbonyl (C=O) groups is 3. The van der Waals surface area contributed by atoms with Gasteiger partial charge in [0.15, 0.2) is 0 Å². The van der Waals surface area contributed by atoms with E-state index < -0.39 is 24.3 Å². The molecule has 4 aromatic rings. The Morgan fingerprint density at radius 2 is 1.41 bits per heavy atom. The van der Waals surface area contributed by atoms with E-state index in [0.717, 1.165) is 51.3 Å². The molecule has 0 bridgehead atoms. The first-order chi connectivity index (χ1) is 21.5. The largest absolute Gasteiger partial charge is 0.490 e. The Kier molecular flexibility index (Phi) is 11.6. The SMILES string of the molecule is O=C(O)C(F)(F)F.O=C(O)C(F)(F)F.O=C1NCCc2[nH]c(-c3ccnc(-c4cccc(CNCc5cccc(F)c5)c4)c3)cc21. The van der Waals surface area contributed by atoms with Gasteiger partial charge in [0.25, 0.3) is 5.91 Å². The Labute approximate surface area is 256 Å². The monoisotopic (exact) mass is 654 g/mol. The third kappa shape index (κ3) is 10.4. The van der Waals surface area contributed by atoms with E-state index in [1.165, 1.54) is 6.07 Å². The number of aromatic amines is 1. The third-order valence-electron chi connectivity index (χ3n) is 6.13. The van der Waals surface area contributed by atoms with Crippen LogP contribution in [-0.2, 0) is 29.1 Å². The number of halogens is 7. The van der Waals surface area contributed by atoms with Crippen molar-refractivity contribution in [3.8, 4) is 22.5 Å². The Hall–Kier alpha value is -5.25. The van der Waals surface area contributed by atoms with Crippen molar-refractivity contribution in [1.82, 2.24) is 20.6 Å². The highest BCUT2D eigenvalue weighted by atomic mass is 19.4. The Morgan fingerprint density at radius 1 is 0.826 bits per heavy atom. The van der Waals surface area contributed by atoms with E-state index in [9.17, 15) is 35.5 Å². The normalized spacial score (nSPS) is 12.5. The van der Waals surface area contributed by atoms with Gasteiger partial charge in [-0.2, -0.15) is 26.3 Å². The number of hydrogen-bond donors (Lipinski definition) is 5. The highest BCUT2D eigenvalue weighted by Gasteiger charge is 2.38. The van der Waals surface area contributed by atoms with Crippen LogP contribution in [0.4, 0.5) is 30.7 Å². The highest BCUT2D eigenvalue weighted by molar-refractivity contribution is 5.97. The lowest BCUT2D eigenvalue weighted by Gasteiger charge is -2.11. The molecular weight excluding hydrogens is 629 g/mol. The maximum Gasteiger partial charge on any atom is 0.490 e. The third-order valence-corrected chi connectivity index (χ3v) is 6.13. The number of carboxylic acid groups (broad SMARTS) is 2. The molecule has 3 heterocycles. The van der Waals surface area contributed by atoms with Crippen LogP contribution in [0.3, 0.4) is 0 Å². The summed E-state index contributed by atoms with van der Waals surface area (Å²) < 4.78 is 76.8. The first-order valence-electron chi connectivity index (χ1n) is 13.2. The molecule has 46 heavy (non-hydrogen) atoms. The molecule has 0 saturated carbocycles.